The third-order valence-corrected chi connectivity index (χ3v) is 4.76. The molecule has 0 radical (unpaired) electrons. The van der Waals surface area contributed by atoms with Crippen LogP contribution >= 0.6 is 0 Å². The van der Waals surface area contributed by atoms with Gasteiger partial charge in [0.25, 0.3) is 0 Å². The third kappa shape index (κ3) is 3.23. The van der Waals surface area contributed by atoms with E-state index in [0.717, 1.165) is 24.4 Å². The van der Waals surface area contributed by atoms with Gasteiger partial charge in [-0.25, -0.2) is 0 Å². The molecule has 0 spiro atoms. The molecule has 2 fully saturated rings. The summed E-state index contributed by atoms with van der Waals surface area (Å²) in [4.78, 5) is 0. The van der Waals surface area contributed by atoms with Gasteiger partial charge in [-0.1, -0.05) is 45.4 Å². The fourth-order valence-electron chi connectivity index (χ4n) is 3.94. The second-order valence-corrected chi connectivity index (χ2v) is 5.88. The summed E-state index contributed by atoms with van der Waals surface area (Å²) in [7, 11) is 0. The summed E-state index contributed by atoms with van der Waals surface area (Å²) in [6, 6.07) is 0.852. The number of hydrogen-bond acceptors (Lipinski definition) is 1. The van der Waals surface area contributed by atoms with E-state index in [-0.39, 0.29) is 0 Å². The Labute approximate surface area is 101 Å². The second kappa shape index (κ2) is 6.64. The van der Waals surface area contributed by atoms with Crippen molar-refractivity contribution in [2.75, 3.05) is 6.54 Å². The Morgan fingerprint density at radius 3 is 1.62 bits per heavy atom. The number of rotatable bonds is 4. The first-order chi connectivity index (χ1) is 7.92. The molecule has 2 aliphatic rings. The van der Waals surface area contributed by atoms with E-state index in [9.17, 15) is 0 Å². The molecule has 16 heavy (non-hydrogen) atoms. The van der Waals surface area contributed by atoms with Crippen LogP contribution in [0.15, 0.2) is 0 Å². The van der Waals surface area contributed by atoms with Gasteiger partial charge >= 0.3 is 0 Å². The fraction of sp³-hybridized carbons (Fsp3) is 1.00. The average molecular weight is 223 g/mol. The van der Waals surface area contributed by atoms with Gasteiger partial charge in [0.1, 0.15) is 0 Å². The molecule has 0 aromatic heterocycles. The molecule has 0 heterocycles. The highest BCUT2D eigenvalue weighted by Crippen LogP contribution is 2.35. The van der Waals surface area contributed by atoms with Crippen molar-refractivity contribution in [3.8, 4) is 0 Å². The van der Waals surface area contributed by atoms with Crippen LogP contribution in [0, 0.1) is 11.8 Å². The third-order valence-electron chi connectivity index (χ3n) is 4.76. The normalized spacial score (nSPS) is 25.1. The monoisotopic (exact) mass is 223 g/mol. The summed E-state index contributed by atoms with van der Waals surface area (Å²) in [5.41, 5.74) is 0. The largest absolute Gasteiger partial charge is 0.314 e. The van der Waals surface area contributed by atoms with E-state index in [2.05, 4.69) is 12.2 Å². The molecule has 2 aliphatic carbocycles. The highest BCUT2D eigenvalue weighted by atomic mass is 14.9. The molecule has 0 aliphatic heterocycles. The minimum atomic E-state index is 0.852. The maximum Gasteiger partial charge on any atom is 0.0123 e. The lowest BCUT2D eigenvalue weighted by atomic mass is 9.74. The second-order valence-electron chi connectivity index (χ2n) is 5.88. The maximum atomic E-state index is 3.82. The smallest absolute Gasteiger partial charge is 0.0123 e. The Bertz CT molecular complexity index is 160. The van der Waals surface area contributed by atoms with Crippen LogP contribution in [0.4, 0.5) is 0 Å². The lowest BCUT2D eigenvalue weighted by molar-refractivity contribution is 0.174. The van der Waals surface area contributed by atoms with E-state index in [1.165, 1.54) is 64.2 Å². The molecule has 1 nitrogen and oxygen atoms in total. The summed E-state index contributed by atoms with van der Waals surface area (Å²) in [5.74, 6) is 1.99. The minimum Gasteiger partial charge on any atom is -0.314 e. The van der Waals surface area contributed by atoms with Crippen molar-refractivity contribution in [2.45, 2.75) is 77.2 Å². The maximum absolute atomic E-state index is 3.82. The summed E-state index contributed by atoms with van der Waals surface area (Å²) in [6.45, 7) is 3.44. The zero-order valence-corrected chi connectivity index (χ0v) is 11.0. The van der Waals surface area contributed by atoms with Gasteiger partial charge in [-0.15, -0.1) is 0 Å². The molecular formula is C15H29N. The first-order valence-electron chi connectivity index (χ1n) is 7.65. The summed E-state index contributed by atoms with van der Waals surface area (Å²) < 4.78 is 0. The molecule has 0 aromatic carbocycles. The molecule has 0 bridgehead atoms. The van der Waals surface area contributed by atoms with Crippen molar-refractivity contribution in [1.82, 2.24) is 5.32 Å². The van der Waals surface area contributed by atoms with Crippen LogP contribution < -0.4 is 5.32 Å². The Kier molecular flexibility index (Phi) is 5.15. The molecule has 2 saturated carbocycles. The number of hydrogen-bond donors (Lipinski definition) is 1. The lowest BCUT2D eigenvalue weighted by Gasteiger charge is -2.38. The predicted molar refractivity (Wildman–Crippen MR) is 70.6 cm³/mol. The summed E-state index contributed by atoms with van der Waals surface area (Å²) in [5, 5.41) is 3.82. The Morgan fingerprint density at radius 1 is 0.812 bits per heavy atom. The summed E-state index contributed by atoms with van der Waals surface area (Å²) in [6.07, 6.45) is 14.9. The van der Waals surface area contributed by atoms with Crippen molar-refractivity contribution < 1.29 is 0 Å². The minimum absolute atomic E-state index is 0.852. The van der Waals surface area contributed by atoms with Crippen LogP contribution in [-0.2, 0) is 0 Å². The summed E-state index contributed by atoms with van der Waals surface area (Å²) >= 11 is 0. The van der Waals surface area contributed by atoms with E-state index in [1.54, 1.807) is 0 Å². The van der Waals surface area contributed by atoms with Gasteiger partial charge in [-0.2, -0.15) is 0 Å². The lowest BCUT2D eigenvalue weighted by Crippen LogP contribution is -2.43. The number of nitrogens with one attached hydrogen (secondary N) is 1. The first-order valence-corrected chi connectivity index (χ1v) is 7.65. The molecular weight excluding hydrogens is 194 g/mol. The van der Waals surface area contributed by atoms with Crippen LogP contribution in [0.1, 0.15) is 71.1 Å². The van der Waals surface area contributed by atoms with Crippen molar-refractivity contribution in [3.63, 3.8) is 0 Å². The molecule has 1 heteroatoms. The molecule has 0 amide bonds. The van der Waals surface area contributed by atoms with Gasteiger partial charge in [0, 0.05) is 6.04 Å². The Balaban J connectivity index is 1.91. The topological polar surface area (TPSA) is 12.0 Å². The Morgan fingerprint density at radius 2 is 1.25 bits per heavy atom. The van der Waals surface area contributed by atoms with Crippen LogP contribution in [0.2, 0.25) is 0 Å². The predicted octanol–water partition coefficient (Wildman–Crippen LogP) is 4.13. The molecule has 2 rings (SSSR count). The van der Waals surface area contributed by atoms with E-state index < -0.39 is 0 Å². The van der Waals surface area contributed by atoms with Crippen molar-refractivity contribution in [3.05, 3.63) is 0 Å². The SMILES string of the molecule is CCNC(C1CCCCC1)C1CCCCC1. The molecule has 0 unspecified atom stereocenters. The van der Waals surface area contributed by atoms with Crippen molar-refractivity contribution in [1.29, 1.82) is 0 Å². The van der Waals surface area contributed by atoms with Crippen molar-refractivity contribution >= 4 is 0 Å². The fourth-order valence-corrected chi connectivity index (χ4v) is 3.94. The van der Waals surface area contributed by atoms with E-state index in [4.69, 9.17) is 0 Å². The van der Waals surface area contributed by atoms with Gasteiger partial charge in [-0.05, 0) is 44.1 Å². The zero-order valence-electron chi connectivity index (χ0n) is 11.0. The quantitative estimate of drug-likeness (QED) is 0.756. The molecule has 0 saturated heterocycles. The highest BCUT2D eigenvalue weighted by molar-refractivity contribution is 4.86. The first kappa shape index (κ1) is 12.4. The van der Waals surface area contributed by atoms with Gasteiger partial charge in [-0.3, -0.25) is 0 Å². The van der Waals surface area contributed by atoms with Crippen molar-refractivity contribution in [2.24, 2.45) is 11.8 Å². The highest BCUT2D eigenvalue weighted by Gasteiger charge is 2.30. The Hall–Kier alpha value is -0.0400. The standard InChI is InChI=1S/C15H29N/c1-2-16-15(13-9-5-3-6-10-13)14-11-7-4-8-12-14/h13-16H,2-12H2,1H3. The average Bonchev–Trinajstić information content (AvgIpc) is 2.38. The van der Waals surface area contributed by atoms with Gasteiger partial charge < -0.3 is 5.32 Å². The van der Waals surface area contributed by atoms with E-state index in [1.807, 2.05) is 0 Å². The van der Waals surface area contributed by atoms with E-state index in [0.29, 0.717) is 0 Å². The van der Waals surface area contributed by atoms with Crippen LogP contribution in [0.25, 0.3) is 0 Å². The van der Waals surface area contributed by atoms with Gasteiger partial charge in [0.2, 0.25) is 0 Å². The molecule has 0 aromatic rings. The molecule has 94 valence electrons. The van der Waals surface area contributed by atoms with Gasteiger partial charge in [0.15, 0.2) is 0 Å². The van der Waals surface area contributed by atoms with Crippen LogP contribution in [0.5, 0.6) is 0 Å². The van der Waals surface area contributed by atoms with Crippen LogP contribution in [-0.4, -0.2) is 12.6 Å². The van der Waals surface area contributed by atoms with E-state index >= 15 is 0 Å². The zero-order chi connectivity index (χ0) is 11.2. The van der Waals surface area contributed by atoms with Crippen LogP contribution in [0.3, 0.4) is 0 Å². The molecule has 1 N–H and O–H groups in total. The van der Waals surface area contributed by atoms with Gasteiger partial charge in [0.05, 0.1) is 0 Å². The molecule has 0 atom stereocenters.